The number of nitrogens with zero attached hydrogens (tertiary/aromatic N) is 4. The third kappa shape index (κ3) is 3.36. The van der Waals surface area contributed by atoms with Crippen LogP contribution in [-0.2, 0) is 0 Å². The van der Waals surface area contributed by atoms with Gasteiger partial charge in [0.15, 0.2) is 11.5 Å². The number of hydrogen-bond acceptors (Lipinski definition) is 6. The summed E-state index contributed by atoms with van der Waals surface area (Å²) in [6.07, 6.45) is 9.66. The highest BCUT2D eigenvalue weighted by molar-refractivity contribution is 7.99. The minimum absolute atomic E-state index is 0.226. The van der Waals surface area contributed by atoms with E-state index in [1.54, 1.807) is 12.4 Å². The Bertz CT molecular complexity index is 530. The molecule has 2 fully saturated rings. The summed E-state index contributed by atoms with van der Waals surface area (Å²) < 4.78 is 0. The highest BCUT2D eigenvalue weighted by atomic mass is 32.2. The number of hydrogen-bond donors (Lipinski definition) is 1. The number of aromatic nitrogens is 2. The van der Waals surface area contributed by atoms with Crippen molar-refractivity contribution in [2.24, 2.45) is 0 Å². The summed E-state index contributed by atoms with van der Waals surface area (Å²) in [7, 11) is 0. The predicted octanol–water partition coefficient (Wildman–Crippen LogP) is 2.51. The molecule has 0 atom stereocenters. The lowest BCUT2D eigenvalue weighted by atomic mass is 9.80. The van der Waals surface area contributed by atoms with Crippen molar-refractivity contribution < 1.29 is 0 Å². The fourth-order valence-corrected chi connectivity index (χ4v) is 4.55. The minimum atomic E-state index is 0.226. The van der Waals surface area contributed by atoms with Gasteiger partial charge in [-0.15, -0.1) is 0 Å². The van der Waals surface area contributed by atoms with Gasteiger partial charge in [0, 0.05) is 49.1 Å². The van der Waals surface area contributed by atoms with E-state index in [4.69, 9.17) is 5.26 Å². The molecule has 1 aliphatic carbocycles. The van der Waals surface area contributed by atoms with Gasteiger partial charge in [-0.05, 0) is 12.8 Å². The molecular formula is C16H23N5S. The highest BCUT2D eigenvalue weighted by Crippen LogP contribution is 2.35. The first kappa shape index (κ1) is 15.6. The van der Waals surface area contributed by atoms with E-state index in [-0.39, 0.29) is 5.54 Å². The van der Waals surface area contributed by atoms with Crippen LogP contribution >= 0.6 is 11.8 Å². The second-order valence-corrected chi connectivity index (χ2v) is 7.33. The van der Waals surface area contributed by atoms with Crippen LogP contribution in [0.2, 0.25) is 0 Å². The molecule has 0 radical (unpaired) electrons. The third-order valence-corrected chi connectivity index (χ3v) is 5.80. The topological polar surface area (TPSA) is 64.8 Å². The molecule has 0 bridgehead atoms. The molecule has 1 saturated heterocycles. The van der Waals surface area contributed by atoms with Gasteiger partial charge in [0.05, 0.1) is 0 Å². The van der Waals surface area contributed by atoms with E-state index in [1.165, 1.54) is 56.7 Å². The first-order valence-corrected chi connectivity index (χ1v) is 9.27. The Morgan fingerprint density at radius 2 is 1.91 bits per heavy atom. The van der Waals surface area contributed by atoms with Crippen molar-refractivity contribution in [2.45, 2.75) is 37.6 Å². The second-order valence-electron chi connectivity index (χ2n) is 6.10. The summed E-state index contributed by atoms with van der Waals surface area (Å²) in [5, 5.41) is 12.6. The van der Waals surface area contributed by atoms with Gasteiger partial charge >= 0.3 is 0 Å². The maximum absolute atomic E-state index is 9.16. The van der Waals surface area contributed by atoms with Gasteiger partial charge in [-0.3, -0.25) is 4.90 Å². The van der Waals surface area contributed by atoms with Crippen LogP contribution in [0.5, 0.6) is 0 Å². The standard InChI is InChI=1S/C16H23N5S/c17-12-14-15(19-7-6-18-14)20-13-16(4-2-1-3-5-16)21-8-10-22-11-9-21/h6-7H,1-5,8-11,13H2,(H,19,20). The normalized spacial score (nSPS) is 22.0. The fraction of sp³-hybridized carbons (Fsp3) is 0.688. The van der Waals surface area contributed by atoms with Gasteiger partial charge in [0.25, 0.3) is 0 Å². The van der Waals surface area contributed by atoms with Gasteiger partial charge < -0.3 is 5.32 Å². The van der Waals surface area contributed by atoms with Crippen molar-refractivity contribution in [3.05, 3.63) is 18.1 Å². The smallest absolute Gasteiger partial charge is 0.182 e. The summed E-state index contributed by atoms with van der Waals surface area (Å²) >= 11 is 2.05. The maximum Gasteiger partial charge on any atom is 0.182 e. The molecule has 0 aromatic carbocycles. The van der Waals surface area contributed by atoms with Crippen molar-refractivity contribution in [3.63, 3.8) is 0 Å². The SMILES string of the molecule is N#Cc1nccnc1NCC1(N2CCSCC2)CCCCC1. The Hall–Kier alpha value is -1.32. The molecule has 5 nitrogen and oxygen atoms in total. The molecule has 3 rings (SSSR count). The minimum Gasteiger partial charge on any atom is -0.366 e. The summed E-state index contributed by atoms with van der Waals surface area (Å²) in [5.41, 5.74) is 0.617. The summed E-state index contributed by atoms with van der Waals surface area (Å²) in [6, 6.07) is 2.12. The van der Waals surface area contributed by atoms with Crippen molar-refractivity contribution in [1.82, 2.24) is 14.9 Å². The molecule has 0 unspecified atom stereocenters. The summed E-state index contributed by atoms with van der Waals surface area (Å²) in [4.78, 5) is 11.1. The van der Waals surface area contributed by atoms with Crippen LogP contribution in [0.3, 0.4) is 0 Å². The molecule has 22 heavy (non-hydrogen) atoms. The molecule has 1 saturated carbocycles. The number of anilines is 1. The first-order chi connectivity index (χ1) is 10.8. The Morgan fingerprint density at radius 3 is 2.64 bits per heavy atom. The van der Waals surface area contributed by atoms with E-state index in [0.29, 0.717) is 11.5 Å². The Balaban J connectivity index is 1.74. The van der Waals surface area contributed by atoms with Crippen LogP contribution in [0.15, 0.2) is 12.4 Å². The average Bonchev–Trinajstić information content (AvgIpc) is 2.62. The first-order valence-electron chi connectivity index (χ1n) is 8.12. The van der Waals surface area contributed by atoms with Crippen molar-refractivity contribution >= 4 is 17.6 Å². The molecule has 2 aliphatic rings. The zero-order valence-electron chi connectivity index (χ0n) is 12.9. The van der Waals surface area contributed by atoms with Gasteiger partial charge in [0.2, 0.25) is 0 Å². The lowest BCUT2D eigenvalue weighted by Crippen LogP contribution is -2.57. The molecule has 0 amide bonds. The number of nitriles is 1. The van der Waals surface area contributed by atoms with Crippen molar-refractivity contribution in [1.29, 1.82) is 5.26 Å². The predicted molar refractivity (Wildman–Crippen MR) is 90.0 cm³/mol. The molecule has 118 valence electrons. The lowest BCUT2D eigenvalue weighted by molar-refractivity contribution is 0.0706. The molecule has 1 aliphatic heterocycles. The van der Waals surface area contributed by atoms with Crippen LogP contribution in [-0.4, -0.2) is 51.5 Å². The number of thioether (sulfide) groups is 1. The van der Waals surface area contributed by atoms with Crippen LogP contribution in [0, 0.1) is 11.3 Å². The van der Waals surface area contributed by atoms with E-state index in [9.17, 15) is 0 Å². The van der Waals surface area contributed by atoms with E-state index >= 15 is 0 Å². The second kappa shape index (κ2) is 7.30. The van der Waals surface area contributed by atoms with E-state index in [1.807, 2.05) is 0 Å². The van der Waals surface area contributed by atoms with Gasteiger partial charge in [-0.25, -0.2) is 9.97 Å². The Labute approximate surface area is 136 Å². The zero-order valence-corrected chi connectivity index (χ0v) is 13.7. The Morgan fingerprint density at radius 1 is 1.18 bits per heavy atom. The summed E-state index contributed by atoms with van der Waals surface area (Å²) in [5.74, 6) is 3.09. The third-order valence-electron chi connectivity index (χ3n) is 4.86. The van der Waals surface area contributed by atoms with Crippen LogP contribution in [0.25, 0.3) is 0 Å². The molecule has 1 aromatic rings. The molecule has 1 aromatic heterocycles. The Kier molecular flexibility index (Phi) is 5.16. The molecule has 2 heterocycles. The van der Waals surface area contributed by atoms with Crippen LogP contribution in [0.1, 0.15) is 37.8 Å². The van der Waals surface area contributed by atoms with Gasteiger partial charge in [-0.1, -0.05) is 19.3 Å². The average molecular weight is 317 g/mol. The van der Waals surface area contributed by atoms with Gasteiger partial charge in [-0.2, -0.15) is 17.0 Å². The van der Waals surface area contributed by atoms with Crippen molar-refractivity contribution in [2.75, 3.05) is 36.5 Å². The molecule has 6 heteroatoms. The quantitative estimate of drug-likeness (QED) is 0.920. The van der Waals surface area contributed by atoms with E-state index < -0.39 is 0 Å². The monoisotopic (exact) mass is 317 g/mol. The number of rotatable bonds is 4. The molecule has 0 spiro atoms. The molecule has 1 N–H and O–H groups in total. The zero-order chi connectivity index (χ0) is 15.3. The fourth-order valence-electron chi connectivity index (χ4n) is 3.65. The van der Waals surface area contributed by atoms with E-state index in [2.05, 4.69) is 38.0 Å². The lowest BCUT2D eigenvalue weighted by Gasteiger charge is -2.48. The van der Waals surface area contributed by atoms with E-state index in [0.717, 1.165) is 6.54 Å². The largest absolute Gasteiger partial charge is 0.366 e. The maximum atomic E-state index is 9.16. The van der Waals surface area contributed by atoms with Crippen molar-refractivity contribution in [3.8, 4) is 6.07 Å². The van der Waals surface area contributed by atoms with Crippen LogP contribution < -0.4 is 5.32 Å². The van der Waals surface area contributed by atoms with Crippen LogP contribution in [0.4, 0.5) is 5.82 Å². The number of nitrogens with one attached hydrogen (secondary N) is 1. The summed E-state index contributed by atoms with van der Waals surface area (Å²) in [6.45, 7) is 3.22. The highest BCUT2D eigenvalue weighted by Gasteiger charge is 2.38. The van der Waals surface area contributed by atoms with Gasteiger partial charge in [0.1, 0.15) is 6.07 Å². The molecular weight excluding hydrogens is 294 g/mol.